The Labute approximate surface area is 129 Å². The maximum absolute atomic E-state index is 4.31. The van der Waals surface area contributed by atoms with Crippen molar-refractivity contribution in [3.05, 3.63) is 24.8 Å². The highest BCUT2D eigenvalue weighted by atomic mass is 32.2. The van der Waals surface area contributed by atoms with E-state index in [4.69, 9.17) is 0 Å². The molecule has 2 aromatic rings. The molecule has 0 aliphatic heterocycles. The van der Waals surface area contributed by atoms with Crippen molar-refractivity contribution in [2.45, 2.75) is 36.0 Å². The molecule has 4 nitrogen and oxygen atoms in total. The van der Waals surface area contributed by atoms with Crippen molar-refractivity contribution in [1.29, 1.82) is 0 Å². The summed E-state index contributed by atoms with van der Waals surface area (Å²) >= 11 is 3.70. The summed E-state index contributed by atoms with van der Waals surface area (Å²) in [4.78, 5) is 8.63. The van der Waals surface area contributed by atoms with E-state index < -0.39 is 0 Å². The first kappa shape index (κ1) is 15.5. The van der Waals surface area contributed by atoms with Gasteiger partial charge in [-0.2, -0.15) is 0 Å². The number of thioether (sulfide) groups is 2. The molecule has 2 rings (SSSR count). The summed E-state index contributed by atoms with van der Waals surface area (Å²) in [6.07, 6.45) is 12.9. The molecule has 0 aromatic carbocycles. The van der Waals surface area contributed by atoms with Crippen molar-refractivity contribution in [2.24, 2.45) is 14.1 Å². The van der Waals surface area contributed by atoms with Gasteiger partial charge in [0.2, 0.25) is 0 Å². The zero-order valence-corrected chi connectivity index (χ0v) is 13.8. The molecule has 0 aliphatic rings. The van der Waals surface area contributed by atoms with E-state index in [0.717, 1.165) is 21.8 Å². The molecule has 0 amide bonds. The van der Waals surface area contributed by atoms with E-state index in [1.807, 2.05) is 62.4 Å². The van der Waals surface area contributed by atoms with Gasteiger partial charge in [0.1, 0.15) is 0 Å². The van der Waals surface area contributed by atoms with E-state index in [0.29, 0.717) is 0 Å². The van der Waals surface area contributed by atoms with E-state index in [9.17, 15) is 0 Å². The van der Waals surface area contributed by atoms with Crippen molar-refractivity contribution in [1.82, 2.24) is 19.1 Å². The maximum atomic E-state index is 4.31. The van der Waals surface area contributed by atoms with E-state index in [-0.39, 0.29) is 0 Å². The summed E-state index contributed by atoms with van der Waals surface area (Å²) in [6, 6.07) is 0. The number of nitrogens with zero attached hydrogens (tertiary/aromatic N) is 4. The quantitative estimate of drug-likeness (QED) is 0.524. The van der Waals surface area contributed by atoms with Gasteiger partial charge in [0, 0.05) is 50.4 Å². The van der Waals surface area contributed by atoms with Crippen LogP contribution in [0.4, 0.5) is 0 Å². The number of rotatable bonds is 9. The average molecular weight is 310 g/mol. The average Bonchev–Trinajstić information content (AvgIpc) is 3.02. The lowest BCUT2D eigenvalue weighted by atomic mass is 10.2. The molecule has 0 N–H and O–H groups in total. The number of unbranched alkanes of at least 4 members (excludes halogenated alkanes) is 3. The molecule has 110 valence electrons. The molecular formula is C14H22N4S2. The number of imidazole rings is 2. The lowest BCUT2D eigenvalue weighted by Crippen LogP contribution is -1.92. The lowest BCUT2D eigenvalue weighted by Gasteiger charge is -2.03. The Morgan fingerprint density at radius 1 is 0.800 bits per heavy atom. The minimum absolute atomic E-state index is 1.12. The first-order valence-electron chi connectivity index (χ1n) is 6.97. The van der Waals surface area contributed by atoms with Crippen LogP contribution >= 0.6 is 23.5 Å². The van der Waals surface area contributed by atoms with Gasteiger partial charge < -0.3 is 9.13 Å². The Morgan fingerprint density at radius 2 is 1.25 bits per heavy atom. The maximum Gasteiger partial charge on any atom is 0.167 e. The second-order valence-electron chi connectivity index (χ2n) is 4.75. The Kier molecular flexibility index (Phi) is 6.53. The van der Waals surface area contributed by atoms with Crippen LogP contribution in [0.3, 0.4) is 0 Å². The first-order chi connectivity index (χ1) is 9.77. The Hall–Kier alpha value is -0.880. The number of aromatic nitrogens is 4. The zero-order valence-electron chi connectivity index (χ0n) is 12.2. The normalized spacial score (nSPS) is 11.1. The van der Waals surface area contributed by atoms with Gasteiger partial charge in [0.15, 0.2) is 10.3 Å². The molecule has 2 heterocycles. The molecule has 0 unspecified atom stereocenters. The third-order valence-corrected chi connectivity index (χ3v) is 5.34. The van der Waals surface area contributed by atoms with E-state index in [1.54, 1.807) is 0 Å². The molecule has 0 saturated carbocycles. The predicted molar refractivity (Wildman–Crippen MR) is 86.3 cm³/mol. The Bertz CT molecular complexity index is 461. The molecule has 0 aliphatic carbocycles. The van der Waals surface area contributed by atoms with Crippen molar-refractivity contribution in [3.63, 3.8) is 0 Å². The van der Waals surface area contributed by atoms with Gasteiger partial charge in [0.05, 0.1) is 0 Å². The third kappa shape index (κ3) is 4.90. The summed E-state index contributed by atoms with van der Waals surface area (Å²) in [5, 5.41) is 2.24. The van der Waals surface area contributed by atoms with Crippen LogP contribution < -0.4 is 0 Å². The van der Waals surface area contributed by atoms with E-state index in [1.165, 1.54) is 25.7 Å². The van der Waals surface area contributed by atoms with Gasteiger partial charge in [-0.3, -0.25) is 0 Å². The molecule has 20 heavy (non-hydrogen) atoms. The number of aryl methyl sites for hydroxylation is 2. The summed E-state index contributed by atoms with van der Waals surface area (Å²) in [6.45, 7) is 0. The standard InChI is InChI=1S/C14H22N4S2/c1-17-9-7-15-13(17)19-11-5-3-4-6-12-20-14-16-8-10-18(14)2/h7-10H,3-6,11-12H2,1-2H3. The summed E-state index contributed by atoms with van der Waals surface area (Å²) < 4.78 is 4.16. The second kappa shape index (κ2) is 8.42. The van der Waals surface area contributed by atoms with E-state index >= 15 is 0 Å². The fourth-order valence-corrected chi connectivity index (χ4v) is 3.73. The van der Waals surface area contributed by atoms with Crippen LogP contribution in [-0.4, -0.2) is 30.6 Å². The molecule has 2 aromatic heterocycles. The van der Waals surface area contributed by atoms with Gasteiger partial charge in [-0.15, -0.1) is 0 Å². The van der Waals surface area contributed by atoms with Gasteiger partial charge >= 0.3 is 0 Å². The highest BCUT2D eigenvalue weighted by molar-refractivity contribution is 7.99. The van der Waals surface area contributed by atoms with Crippen molar-refractivity contribution < 1.29 is 0 Å². The van der Waals surface area contributed by atoms with Gasteiger partial charge in [-0.1, -0.05) is 36.4 Å². The Balaban J connectivity index is 1.46. The number of hydrogen-bond acceptors (Lipinski definition) is 4. The van der Waals surface area contributed by atoms with Crippen molar-refractivity contribution in [3.8, 4) is 0 Å². The topological polar surface area (TPSA) is 35.6 Å². The highest BCUT2D eigenvalue weighted by Crippen LogP contribution is 2.19. The molecule has 0 spiro atoms. The zero-order chi connectivity index (χ0) is 14.2. The van der Waals surface area contributed by atoms with Crippen molar-refractivity contribution >= 4 is 23.5 Å². The molecule has 0 radical (unpaired) electrons. The van der Waals surface area contributed by atoms with Crippen molar-refractivity contribution in [2.75, 3.05) is 11.5 Å². The molecule has 6 heteroatoms. The first-order valence-corrected chi connectivity index (χ1v) is 8.95. The molecular weight excluding hydrogens is 288 g/mol. The van der Waals surface area contributed by atoms with Gasteiger partial charge in [-0.05, 0) is 12.8 Å². The smallest absolute Gasteiger partial charge is 0.167 e. The predicted octanol–water partition coefficient (Wildman–Crippen LogP) is 3.60. The van der Waals surface area contributed by atoms with Crippen LogP contribution in [-0.2, 0) is 14.1 Å². The van der Waals surface area contributed by atoms with Crippen LogP contribution in [0.5, 0.6) is 0 Å². The lowest BCUT2D eigenvalue weighted by molar-refractivity contribution is 0.707. The van der Waals surface area contributed by atoms with Gasteiger partial charge in [0.25, 0.3) is 0 Å². The van der Waals surface area contributed by atoms with E-state index in [2.05, 4.69) is 19.1 Å². The van der Waals surface area contributed by atoms with Crippen LogP contribution in [0.1, 0.15) is 25.7 Å². The monoisotopic (exact) mass is 310 g/mol. The van der Waals surface area contributed by atoms with Crippen LogP contribution in [0.15, 0.2) is 35.1 Å². The fraction of sp³-hybridized carbons (Fsp3) is 0.571. The third-order valence-electron chi connectivity index (χ3n) is 3.05. The minimum atomic E-state index is 1.12. The highest BCUT2D eigenvalue weighted by Gasteiger charge is 2.01. The molecule has 0 bridgehead atoms. The Morgan fingerprint density at radius 3 is 1.60 bits per heavy atom. The fourth-order valence-electron chi connectivity index (χ4n) is 1.87. The summed E-state index contributed by atoms with van der Waals surface area (Å²) in [5.74, 6) is 2.33. The molecule has 0 saturated heterocycles. The summed E-state index contributed by atoms with van der Waals surface area (Å²) in [5.41, 5.74) is 0. The van der Waals surface area contributed by atoms with Crippen LogP contribution in [0, 0.1) is 0 Å². The largest absolute Gasteiger partial charge is 0.329 e. The molecule has 0 fully saturated rings. The second-order valence-corrected chi connectivity index (χ2v) is 6.88. The van der Waals surface area contributed by atoms with Crippen LogP contribution in [0.25, 0.3) is 0 Å². The SMILES string of the molecule is Cn1ccnc1SCCCCCCSc1nccn1C. The minimum Gasteiger partial charge on any atom is -0.329 e. The van der Waals surface area contributed by atoms with Crippen LogP contribution in [0.2, 0.25) is 0 Å². The van der Waals surface area contributed by atoms with Gasteiger partial charge in [-0.25, -0.2) is 9.97 Å². The molecule has 0 atom stereocenters. The summed E-state index contributed by atoms with van der Waals surface area (Å²) in [7, 11) is 4.09. The number of hydrogen-bond donors (Lipinski definition) is 0.